The van der Waals surface area contributed by atoms with Gasteiger partial charge in [-0.3, -0.25) is 0 Å². The van der Waals surface area contributed by atoms with Crippen LogP contribution in [-0.4, -0.2) is 47.5 Å². The molecule has 0 bridgehead atoms. The van der Waals surface area contributed by atoms with E-state index in [1.165, 1.54) is 0 Å². The minimum atomic E-state index is -0.597. The molecule has 0 saturated heterocycles. The lowest BCUT2D eigenvalue weighted by Crippen LogP contribution is -2.35. The fourth-order valence-electron chi connectivity index (χ4n) is 2.72. The van der Waals surface area contributed by atoms with E-state index in [0.717, 1.165) is 16.6 Å². The number of fused-ring (bicyclic) bond motifs is 1. The smallest absolute Gasteiger partial charge is 0.340 e. The van der Waals surface area contributed by atoms with Gasteiger partial charge >= 0.3 is 5.97 Å². The molecule has 7 heteroatoms. The van der Waals surface area contributed by atoms with Crippen LogP contribution in [0.25, 0.3) is 10.9 Å². The van der Waals surface area contributed by atoms with Gasteiger partial charge in [-0.1, -0.05) is 13.8 Å². The van der Waals surface area contributed by atoms with Gasteiger partial charge in [-0.15, -0.1) is 12.4 Å². The van der Waals surface area contributed by atoms with E-state index in [1.54, 1.807) is 6.92 Å². The summed E-state index contributed by atoms with van der Waals surface area (Å²) in [5.41, 5.74) is 2.36. The van der Waals surface area contributed by atoms with Crippen molar-refractivity contribution in [1.29, 1.82) is 0 Å². The molecule has 0 aliphatic rings. The summed E-state index contributed by atoms with van der Waals surface area (Å²) in [5, 5.41) is 13.9. The Labute approximate surface area is 160 Å². The molecule has 0 fully saturated rings. The Kier molecular flexibility index (Phi) is 8.40. The van der Waals surface area contributed by atoms with E-state index < -0.39 is 6.10 Å². The number of ether oxygens (including phenoxy) is 2. The van der Waals surface area contributed by atoms with Gasteiger partial charge < -0.3 is 24.5 Å². The zero-order chi connectivity index (χ0) is 18.6. The largest absolute Gasteiger partial charge is 0.491 e. The van der Waals surface area contributed by atoms with Crippen molar-refractivity contribution in [2.75, 3.05) is 19.8 Å². The molecule has 0 aliphatic heterocycles. The van der Waals surface area contributed by atoms with Crippen molar-refractivity contribution in [3.63, 3.8) is 0 Å². The highest BCUT2D eigenvalue weighted by Crippen LogP contribution is 2.29. The second-order valence-electron chi connectivity index (χ2n) is 6.45. The molecule has 1 aromatic heterocycles. The number of nitrogens with one attached hydrogen (secondary N) is 1. The third kappa shape index (κ3) is 5.13. The average Bonchev–Trinajstić information content (AvgIpc) is 2.82. The second-order valence-corrected chi connectivity index (χ2v) is 6.45. The topological polar surface area (TPSA) is 72.7 Å². The van der Waals surface area contributed by atoms with E-state index in [-0.39, 0.29) is 25.0 Å². The molecule has 0 amide bonds. The molecule has 1 unspecified atom stereocenters. The van der Waals surface area contributed by atoms with Crippen LogP contribution in [0.15, 0.2) is 18.2 Å². The first-order valence-corrected chi connectivity index (χ1v) is 8.65. The molecule has 0 saturated carbocycles. The molecule has 0 radical (unpaired) electrons. The highest BCUT2D eigenvalue weighted by molar-refractivity contribution is 6.06. The lowest BCUT2D eigenvalue weighted by molar-refractivity contribution is 0.0527. The Bertz CT molecular complexity index is 743. The minimum Gasteiger partial charge on any atom is -0.491 e. The van der Waals surface area contributed by atoms with Crippen molar-refractivity contribution in [2.45, 2.75) is 39.8 Å². The van der Waals surface area contributed by atoms with Crippen LogP contribution >= 0.6 is 12.4 Å². The summed E-state index contributed by atoms with van der Waals surface area (Å²) in [6, 6.07) is 5.90. The summed E-state index contributed by atoms with van der Waals surface area (Å²) in [7, 11) is 1.92. The Morgan fingerprint density at radius 1 is 1.35 bits per heavy atom. The van der Waals surface area contributed by atoms with E-state index in [9.17, 15) is 9.90 Å². The minimum absolute atomic E-state index is 0. The monoisotopic (exact) mass is 384 g/mol. The van der Waals surface area contributed by atoms with Crippen molar-refractivity contribution in [2.24, 2.45) is 7.05 Å². The first-order valence-electron chi connectivity index (χ1n) is 8.65. The molecular formula is C19H29ClN2O4. The number of hydrogen-bond acceptors (Lipinski definition) is 5. The molecule has 1 atom stereocenters. The van der Waals surface area contributed by atoms with Gasteiger partial charge in [-0.05, 0) is 32.0 Å². The predicted molar refractivity (Wildman–Crippen MR) is 106 cm³/mol. The molecule has 6 nitrogen and oxygen atoms in total. The average molecular weight is 385 g/mol. The molecule has 0 spiro atoms. The maximum absolute atomic E-state index is 12.3. The number of esters is 1. The highest BCUT2D eigenvalue weighted by atomic mass is 35.5. The number of benzene rings is 1. The third-order valence-electron chi connectivity index (χ3n) is 4.15. The Morgan fingerprint density at radius 2 is 2.04 bits per heavy atom. The number of carbonyl (C=O) groups is 1. The fraction of sp³-hybridized carbons (Fsp3) is 0.526. The molecule has 26 heavy (non-hydrogen) atoms. The summed E-state index contributed by atoms with van der Waals surface area (Å²) >= 11 is 0. The van der Waals surface area contributed by atoms with E-state index in [0.29, 0.717) is 30.5 Å². The lowest BCUT2D eigenvalue weighted by Gasteiger charge is -2.15. The van der Waals surface area contributed by atoms with Crippen LogP contribution in [0.2, 0.25) is 0 Å². The van der Waals surface area contributed by atoms with Crippen LogP contribution in [0.1, 0.15) is 36.8 Å². The molecule has 2 rings (SSSR count). The van der Waals surface area contributed by atoms with Gasteiger partial charge in [0.1, 0.15) is 18.5 Å². The van der Waals surface area contributed by atoms with Crippen LogP contribution in [0, 0.1) is 6.92 Å². The molecular weight excluding hydrogens is 356 g/mol. The van der Waals surface area contributed by atoms with Crippen LogP contribution in [0.3, 0.4) is 0 Å². The van der Waals surface area contributed by atoms with Gasteiger partial charge in [0.2, 0.25) is 0 Å². The van der Waals surface area contributed by atoms with Crippen molar-refractivity contribution >= 4 is 29.3 Å². The maximum atomic E-state index is 12.3. The molecule has 2 N–H and O–H groups in total. The van der Waals surface area contributed by atoms with Gasteiger partial charge in [0.15, 0.2) is 0 Å². The van der Waals surface area contributed by atoms with Gasteiger partial charge in [0, 0.05) is 36.2 Å². The standard InChI is InChI=1S/C19H28N2O4.ClH/c1-6-24-19(23)18-13(4)21(5)17-8-7-15(9-16(17)18)25-11-14(22)10-20-12(2)3;/h7-9,12,14,20,22H,6,10-11H2,1-5H3;1H. The van der Waals surface area contributed by atoms with E-state index in [4.69, 9.17) is 9.47 Å². The van der Waals surface area contributed by atoms with Gasteiger partial charge in [0.25, 0.3) is 0 Å². The SMILES string of the molecule is CCOC(=O)c1c(C)n(C)c2ccc(OCC(O)CNC(C)C)cc12.Cl. The number of carbonyl (C=O) groups excluding carboxylic acids is 1. The van der Waals surface area contributed by atoms with Gasteiger partial charge in [-0.25, -0.2) is 4.79 Å². The number of halogens is 1. The van der Waals surface area contributed by atoms with Gasteiger partial charge in [0.05, 0.1) is 12.2 Å². The van der Waals surface area contributed by atoms with Gasteiger partial charge in [-0.2, -0.15) is 0 Å². The number of aromatic nitrogens is 1. The number of nitrogens with zero attached hydrogens (tertiary/aromatic N) is 1. The van der Waals surface area contributed by atoms with Crippen molar-refractivity contribution in [1.82, 2.24) is 9.88 Å². The first-order chi connectivity index (χ1) is 11.8. The Balaban J connectivity index is 0.00000338. The zero-order valence-corrected chi connectivity index (χ0v) is 16.9. The van der Waals surface area contributed by atoms with E-state index in [1.807, 2.05) is 50.6 Å². The van der Waals surface area contributed by atoms with Crippen molar-refractivity contribution in [3.05, 3.63) is 29.5 Å². The Hall–Kier alpha value is -1.76. The number of rotatable bonds is 8. The summed E-state index contributed by atoms with van der Waals surface area (Å²) in [4.78, 5) is 12.3. The van der Waals surface area contributed by atoms with Crippen LogP contribution < -0.4 is 10.1 Å². The molecule has 146 valence electrons. The number of aryl methyl sites for hydroxylation is 1. The number of aliphatic hydroxyl groups is 1. The first kappa shape index (κ1) is 22.3. The normalized spacial score (nSPS) is 12.1. The lowest BCUT2D eigenvalue weighted by atomic mass is 10.1. The van der Waals surface area contributed by atoms with Crippen molar-refractivity contribution in [3.8, 4) is 5.75 Å². The number of aliphatic hydroxyl groups excluding tert-OH is 1. The van der Waals surface area contributed by atoms with Crippen LogP contribution in [0.4, 0.5) is 0 Å². The summed E-state index contributed by atoms with van der Waals surface area (Å²) in [6.45, 7) is 8.73. The third-order valence-corrected chi connectivity index (χ3v) is 4.15. The second kappa shape index (κ2) is 9.80. The molecule has 1 heterocycles. The fourth-order valence-corrected chi connectivity index (χ4v) is 2.72. The Morgan fingerprint density at radius 3 is 2.65 bits per heavy atom. The predicted octanol–water partition coefficient (Wildman–Crippen LogP) is 2.82. The van der Waals surface area contributed by atoms with Crippen LogP contribution in [-0.2, 0) is 11.8 Å². The van der Waals surface area contributed by atoms with E-state index in [2.05, 4.69) is 5.32 Å². The quantitative estimate of drug-likeness (QED) is 0.685. The zero-order valence-electron chi connectivity index (χ0n) is 16.0. The maximum Gasteiger partial charge on any atom is 0.340 e. The molecule has 2 aromatic rings. The van der Waals surface area contributed by atoms with Crippen LogP contribution in [0.5, 0.6) is 5.75 Å². The summed E-state index contributed by atoms with van der Waals surface area (Å²) < 4.78 is 12.8. The highest BCUT2D eigenvalue weighted by Gasteiger charge is 2.20. The van der Waals surface area contributed by atoms with E-state index >= 15 is 0 Å². The molecule has 0 aliphatic carbocycles. The number of hydrogen-bond donors (Lipinski definition) is 2. The summed E-state index contributed by atoms with van der Waals surface area (Å²) in [6.07, 6.45) is -0.597. The summed E-state index contributed by atoms with van der Waals surface area (Å²) in [5.74, 6) is 0.288. The van der Waals surface area contributed by atoms with Crippen molar-refractivity contribution < 1.29 is 19.4 Å². The molecule has 1 aromatic carbocycles.